The molecule has 1 aliphatic heterocycles. The highest BCUT2D eigenvalue weighted by Gasteiger charge is 2.50. The maximum absolute atomic E-state index is 12.4. The Balaban J connectivity index is 1.18. The number of carbonyl (C=O) groups excluding carboxylic acids is 3. The zero-order valence-corrected chi connectivity index (χ0v) is 19.3. The second-order valence-corrected chi connectivity index (χ2v) is 10.9. The molecular weight excluding hydrogens is 410 g/mol. The van der Waals surface area contributed by atoms with Crippen LogP contribution in [0, 0.1) is 23.2 Å². The van der Waals surface area contributed by atoms with Crippen LogP contribution in [0.4, 0.5) is 9.59 Å². The highest BCUT2D eigenvalue weighted by atomic mass is 16.6. The quantitative estimate of drug-likeness (QED) is 0.680. The van der Waals surface area contributed by atoms with Crippen molar-refractivity contribution < 1.29 is 23.9 Å². The highest BCUT2D eigenvalue weighted by molar-refractivity contribution is 5.84. The first kappa shape index (κ1) is 22.7. The number of rotatable bonds is 5. The Kier molecular flexibility index (Phi) is 6.23. The fourth-order valence-electron chi connectivity index (χ4n) is 6.25. The molecular formula is C24H35N3O5. The molecule has 0 aromatic heterocycles. The number of hydrogen-bond donors (Lipinski definition) is 1. The van der Waals surface area contributed by atoms with Crippen LogP contribution in [0.15, 0.2) is 24.8 Å². The van der Waals surface area contributed by atoms with Gasteiger partial charge in [0, 0.05) is 24.8 Å². The second-order valence-electron chi connectivity index (χ2n) is 10.9. The van der Waals surface area contributed by atoms with Crippen molar-refractivity contribution in [3.8, 4) is 0 Å². The molecule has 176 valence electrons. The average Bonchev–Trinajstić information content (AvgIpc) is 2.69. The minimum absolute atomic E-state index is 0.209. The molecule has 4 fully saturated rings. The van der Waals surface area contributed by atoms with E-state index in [0.717, 1.165) is 24.2 Å². The maximum atomic E-state index is 12.4. The van der Waals surface area contributed by atoms with Gasteiger partial charge in [-0.3, -0.25) is 14.6 Å². The van der Waals surface area contributed by atoms with Crippen LogP contribution in [0.1, 0.15) is 65.7 Å². The van der Waals surface area contributed by atoms with Gasteiger partial charge in [0.1, 0.15) is 12.1 Å². The Labute approximate surface area is 190 Å². The van der Waals surface area contributed by atoms with E-state index in [-0.39, 0.29) is 12.5 Å². The van der Waals surface area contributed by atoms with Gasteiger partial charge in [0.25, 0.3) is 0 Å². The van der Waals surface area contributed by atoms with Gasteiger partial charge in [0.15, 0.2) is 0 Å². The third-order valence-electron chi connectivity index (χ3n) is 7.08. The van der Waals surface area contributed by atoms with Gasteiger partial charge in [-0.05, 0) is 88.9 Å². The maximum Gasteiger partial charge on any atom is 0.418 e. The molecule has 0 atom stereocenters. The lowest BCUT2D eigenvalue weighted by Crippen LogP contribution is -2.46. The normalized spacial score (nSPS) is 30.4. The van der Waals surface area contributed by atoms with E-state index in [1.165, 1.54) is 73.1 Å². The molecule has 0 aromatic rings. The summed E-state index contributed by atoms with van der Waals surface area (Å²) in [5.41, 5.74) is -0.248. The summed E-state index contributed by atoms with van der Waals surface area (Å²) in [6.07, 6.45) is 13.9. The SMILES string of the molecule is CC(C)(C)OC(=O)NCC(=O)N1C=CN(C(=O)OCCC23CC4CC(CC(C4)C2)C3)C=C1. The van der Waals surface area contributed by atoms with Crippen molar-refractivity contribution in [2.75, 3.05) is 13.2 Å². The molecule has 32 heavy (non-hydrogen) atoms. The third kappa shape index (κ3) is 5.45. The summed E-state index contributed by atoms with van der Waals surface area (Å²) in [7, 11) is 0. The molecule has 1 heterocycles. The number of hydrogen-bond acceptors (Lipinski definition) is 5. The van der Waals surface area contributed by atoms with Crippen molar-refractivity contribution >= 4 is 18.1 Å². The standard InChI is InChI=1S/C24H35N3O5/c1-23(2,3)32-21(29)25-16-20(28)26-5-7-27(8-6-26)22(30)31-9-4-24-13-17-10-18(14-24)12-19(11-17)15-24/h5-8,17-19H,4,9-16H2,1-3H3,(H,25,29). The summed E-state index contributed by atoms with van der Waals surface area (Å²) in [5.74, 6) is 2.31. The zero-order valence-electron chi connectivity index (χ0n) is 19.3. The lowest BCUT2D eigenvalue weighted by molar-refractivity contribution is -0.125. The Hall–Kier alpha value is -2.51. The van der Waals surface area contributed by atoms with Crippen molar-refractivity contribution in [2.45, 2.75) is 71.3 Å². The predicted molar refractivity (Wildman–Crippen MR) is 118 cm³/mol. The van der Waals surface area contributed by atoms with Crippen molar-refractivity contribution in [3.05, 3.63) is 24.8 Å². The minimum atomic E-state index is -0.653. The first-order valence-electron chi connectivity index (χ1n) is 11.7. The van der Waals surface area contributed by atoms with E-state index in [2.05, 4.69) is 5.32 Å². The van der Waals surface area contributed by atoms with E-state index in [0.29, 0.717) is 12.0 Å². The molecule has 0 saturated heterocycles. The van der Waals surface area contributed by atoms with Crippen molar-refractivity contribution in [1.29, 1.82) is 0 Å². The molecule has 8 nitrogen and oxygen atoms in total. The van der Waals surface area contributed by atoms with Crippen molar-refractivity contribution in [1.82, 2.24) is 15.1 Å². The van der Waals surface area contributed by atoms with E-state index in [1.54, 1.807) is 20.8 Å². The fraction of sp³-hybridized carbons (Fsp3) is 0.708. The van der Waals surface area contributed by atoms with Crippen LogP contribution >= 0.6 is 0 Å². The highest BCUT2D eigenvalue weighted by Crippen LogP contribution is 2.61. The van der Waals surface area contributed by atoms with Gasteiger partial charge in [-0.2, -0.15) is 0 Å². The van der Waals surface area contributed by atoms with Gasteiger partial charge in [0.2, 0.25) is 5.91 Å². The average molecular weight is 446 g/mol. The van der Waals surface area contributed by atoms with Crippen LogP contribution in [-0.2, 0) is 14.3 Å². The molecule has 3 amide bonds. The minimum Gasteiger partial charge on any atom is -0.449 e. The molecule has 0 aromatic carbocycles. The summed E-state index contributed by atoms with van der Waals surface area (Å²) < 4.78 is 10.7. The second kappa shape index (κ2) is 8.79. The Morgan fingerprint density at radius 2 is 1.47 bits per heavy atom. The number of ether oxygens (including phenoxy) is 2. The lowest BCUT2D eigenvalue weighted by Gasteiger charge is -2.57. The smallest absolute Gasteiger partial charge is 0.418 e. The predicted octanol–water partition coefficient (Wildman–Crippen LogP) is 4.34. The van der Waals surface area contributed by atoms with Crippen LogP contribution in [0.25, 0.3) is 0 Å². The Bertz CT molecular complexity index is 764. The Morgan fingerprint density at radius 3 is 2.00 bits per heavy atom. The molecule has 1 N–H and O–H groups in total. The van der Waals surface area contributed by atoms with Gasteiger partial charge in [-0.1, -0.05) is 0 Å². The summed E-state index contributed by atoms with van der Waals surface area (Å²) >= 11 is 0. The molecule has 4 aliphatic carbocycles. The van der Waals surface area contributed by atoms with E-state index < -0.39 is 17.8 Å². The summed E-state index contributed by atoms with van der Waals surface area (Å²) in [6.45, 7) is 5.48. The van der Waals surface area contributed by atoms with Gasteiger partial charge >= 0.3 is 12.2 Å². The van der Waals surface area contributed by atoms with Gasteiger partial charge in [0.05, 0.1) is 6.61 Å². The fourth-order valence-corrected chi connectivity index (χ4v) is 6.25. The molecule has 5 aliphatic rings. The van der Waals surface area contributed by atoms with E-state index in [9.17, 15) is 14.4 Å². The molecule has 8 heteroatoms. The number of nitrogens with one attached hydrogen (secondary N) is 1. The lowest BCUT2D eigenvalue weighted by atomic mass is 9.49. The monoisotopic (exact) mass is 445 g/mol. The first-order chi connectivity index (χ1) is 15.1. The zero-order chi connectivity index (χ0) is 22.9. The number of nitrogens with zero attached hydrogens (tertiary/aromatic N) is 2. The molecule has 5 rings (SSSR count). The molecule has 0 unspecified atom stereocenters. The Morgan fingerprint density at radius 1 is 0.938 bits per heavy atom. The van der Waals surface area contributed by atoms with Crippen LogP contribution in [-0.4, -0.2) is 46.6 Å². The van der Waals surface area contributed by atoms with E-state index in [4.69, 9.17) is 9.47 Å². The number of carbonyl (C=O) groups is 3. The van der Waals surface area contributed by atoms with Crippen LogP contribution < -0.4 is 5.32 Å². The van der Waals surface area contributed by atoms with E-state index >= 15 is 0 Å². The van der Waals surface area contributed by atoms with E-state index in [1.807, 2.05) is 0 Å². The summed E-state index contributed by atoms with van der Waals surface area (Å²) in [6, 6.07) is 0. The van der Waals surface area contributed by atoms with Crippen LogP contribution in [0.5, 0.6) is 0 Å². The molecule has 4 bridgehead atoms. The first-order valence-corrected chi connectivity index (χ1v) is 11.7. The summed E-state index contributed by atoms with van der Waals surface area (Å²) in [5, 5.41) is 2.43. The summed E-state index contributed by atoms with van der Waals surface area (Å²) in [4.78, 5) is 39.0. The van der Waals surface area contributed by atoms with Gasteiger partial charge < -0.3 is 14.8 Å². The van der Waals surface area contributed by atoms with Crippen LogP contribution in [0.2, 0.25) is 0 Å². The topological polar surface area (TPSA) is 88.2 Å². The number of alkyl carbamates (subject to hydrolysis) is 1. The van der Waals surface area contributed by atoms with Gasteiger partial charge in [-0.15, -0.1) is 0 Å². The van der Waals surface area contributed by atoms with Gasteiger partial charge in [-0.25, -0.2) is 9.59 Å². The van der Waals surface area contributed by atoms with Crippen LogP contribution in [0.3, 0.4) is 0 Å². The number of amides is 3. The van der Waals surface area contributed by atoms with Crippen molar-refractivity contribution in [2.24, 2.45) is 23.2 Å². The third-order valence-corrected chi connectivity index (χ3v) is 7.08. The molecule has 4 saturated carbocycles. The van der Waals surface area contributed by atoms with Crippen molar-refractivity contribution in [3.63, 3.8) is 0 Å². The molecule has 0 radical (unpaired) electrons. The largest absolute Gasteiger partial charge is 0.449 e. The molecule has 0 spiro atoms.